The van der Waals surface area contributed by atoms with Crippen LogP contribution in [0, 0.1) is 11.3 Å². The molecule has 1 aliphatic rings. The van der Waals surface area contributed by atoms with E-state index in [-0.39, 0.29) is 11.9 Å². The maximum absolute atomic E-state index is 12.7. The van der Waals surface area contributed by atoms with Crippen LogP contribution in [0.25, 0.3) is 5.52 Å². The molecule has 5 heteroatoms. The summed E-state index contributed by atoms with van der Waals surface area (Å²) in [6.45, 7) is 5.17. The van der Waals surface area contributed by atoms with Crippen LogP contribution in [0.4, 0.5) is 0 Å². The van der Waals surface area contributed by atoms with Crippen LogP contribution < -0.4 is 11.1 Å². The first-order valence-electron chi connectivity index (χ1n) is 7.93. The van der Waals surface area contributed by atoms with E-state index in [0.29, 0.717) is 23.4 Å². The molecule has 2 heterocycles. The second-order valence-electron chi connectivity index (χ2n) is 7.07. The number of nitrogens with two attached hydrogens (primary N) is 1. The standard InChI is InChI=1S/C17H24N4O/c1-17(2)7-5-14(12(10-17)11-18)20-16(22)13-4-3-9-21-15(13)6-8-19-21/h3-4,6,8-9,12,14H,5,7,10-11,18H2,1-2H3,(H,20,22). The second kappa shape index (κ2) is 5.72. The molecule has 118 valence electrons. The van der Waals surface area contributed by atoms with Gasteiger partial charge in [-0.3, -0.25) is 4.79 Å². The molecule has 0 spiro atoms. The molecule has 3 rings (SSSR count). The lowest BCUT2D eigenvalue weighted by atomic mass is 9.70. The van der Waals surface area contributed by atoms with E-state index in [1.54, 1.807) is 10.7 Å². The molecule has 2 aromatic rings. The highest BCUT2D eigenvalue weighted by molar-refractivity contribution is 6.00. The number of nitrogens with one attached hydrogen (secondary N) is 1. The predicted molar refractivity (Wildman–Crippen MR) is 86.6 cm³/mol. The van der Waals surface area contributed by atoms with Crippen molar-refractivity contribution in [3.8, 4) is 0 Å². The zero-order valence-corrected chi connectivity index (χ0v) is 13.2. The van der Waals surface area contributed by atoms with E-state index in [9.17, 15) is 4.79 Å². The van der Waals surface area contributed by atoms with Gasteiger partial charge >= 0.3 is 0 Å². The average Bonchev–Trinajstić information content (AvgIpc) is 2.97. The Morgan fingerprint density at radius 3 is 3.09 bits per heavy atom. The van der Waals surface area contributed by atoms with Gasteiger partial charge in [-0.1, -0.05) is 13.8 Å². The Balaban J connectivity index is 1.78. The lowest BCUT2D eigenvalue weighted by Gasteiger charge is -2.40. The van der Waals surface area contributed by atoms with E-state index < -0.39 is 0 Å². The van der Waals surface area contributed by atoms with E-state index >= 15 is 0 Å². The third-order valence-electron chi connectivity index (χ3n) is 4.82. The molecule has 22 heavy (non-hydrogen) atoms. The number of carbonyl (C=O) groups excluding carboxylic acids is 1. The summed E-state index contributed by atoms with van der Waals surface area (Å²) in [7, 11) is 0. The smallest absolute Gasteiger partial charge is 0.253 e. The Morgan fingerprint density at radius 2 is 2.32 bits per heavy atom. The van der Waals surface area contributed by atoms with E-state index in [2.05, 4.69) is 24.3 Å². The minimum Gasteiger partial charge on any atom is -0.349 e. The summed E-state index contributed by atoms with van der Waals surface area (Å²) < 4.78 is 1.72. The Morgan fingerprint density at radius 1 is 1.50 bits per heavy atom. The predicted octanol–water partition coefficient (Wildman–Crippen LogP) is 2.22. The fourth-order valence-corrected chi connectivity index (χ4v) is 3.56. The van der Waals surface area contributed by atoms with Crippen LogP contribution in [-0.4, -0.2) is 28.1 Å². The SMILES string of the molecule is CC1(C)CCC(NC(=O)c2cccn3nccc23)C(CN)C1. The van der Waals surface area contributed by atoms with E-state index in [1.165, 1.54) is 0 Å². The topological polar surface area (TPSA) is 72.4 Å². The summed E-state index contributed by atoms with van der Waals surface area (Å²) in [6.07, 6.45) is 6.72. The summed E-state index contributed by atoms with van der Waals surface area (Å²) >= 11 is 0. The molecule has 5 nitrogen and oxygen atoms in total. The minimum absolute atomic E-state index is 0.0331. The van der Waals surface area contributed by atoms with Crippen molar-refractivity contribution in [2.45, 2.75) is 39.2 Å². The van der Waals surface area contributed by atoms with Gasteiger partial charge < -0.3 is 11.1 Å². The first kappa shape index (κ1) is 15.0. The number of nitrogens with zero attached hydrogens (tertiary/aromatic N) is 2. The second-order valence-corrected chi connectivity index (χ2v) is 7.07. The van der Waals surface area contributed by atoms with Gasteiger partial charge in [0.25, 0.3) is 5.91 Å². The molecule has 1 amide bonds. The molecule has 2 aromatic heterocycles. The van der Waals surface area contributed by atoms with Crippen molar-refractivity contribution < 1.29 is 4.79 Å². The number of rotatable bonds is 3. The van der Waals surface area contributed by atoms with Crippen molar-refractivity contribution in [2.75, 3.05) is 6.54 Å². The van der Waals surface area contributed by atoms with Crippen molar-refractivity contribution >= 4 is 11.4 Å². The van der Waals surface area contributed by atoms with Crippen LogP contribution in [-0.2, 0) is 0 Å². The first-order valence-corrected chi connectivity index (χ1v) is 7.93. The summed E-state index contributed by atoms with van der Waals surface area (Å²) in [5.74, 6) is 0.312. The number of hydrogen-bond donors (Lipinski definition) is 2. The largest absolute Gasteiger partial charge is 0.349 e. The third kappa shape index (κ3) is 2.86. The molecule has 1 aliphatic carbocycles. The first-order chi connectivity index (χ1) is 10.5. The molecule has 0 aliphatic heterocycles. The Bertz CT molecular complexity index is 676. The molecule has 0 aromatic carbocycles. The van der Waals surface area contributed by atoms with Gasteiger partial charge in [0.05, 0.1) is 17.3 Å². The van der Waals surface area contributed by atoms with Gasteiger partial charge in [-0.25, -0.2) is 4.52 Å². The summed E-state index contributed by atoms with van der Waals surface area (Å²) in [6, 6.07) is 5.71. The van der Waals surface area contributed by atoms with Crippen molar-refractivity contribution in [3.63, 3.8) is 0 Å². The van der Waals surface area contributed by atoms with Crippen LogP contribution in [0.2, 0.25) is 0 Å². The number of fused-ring (bicyclic) bond motifs is 1. The number of amides is 1. The maximum atomic E-state index is 12.7. The fraction of sp³-hybridized carbons (Fsp3) is 0.529. The molecule has 1 saturated carbocycles. The zero-order valence-electron chi connectivity index (χ0n) is 13.2. The van der Waals surface area contributed by atoms with Gasteiger partial charge in [0.2, 0.25) is 0 Å². The van der Waals surface area contributed by atoms with Gasteiger partial charge in [-0.2, -0.15) is 5.10 Å². The molecule has 2 atom stereocenters. The van der Waals surface area contributed by atoms with E-state index in [4.69, 9.17) is 5.73 Å². The highest BCUT2D eigenvalue weighted by atomic mass is 16.1. The van der Waals surface area contributed by atoms with Crippen molar-refractivity contribution in [1.29, 1.82) is 0 Å². The van der Waals surface area contributed by atoms with Gasteiger partial charge in [0, 0.05) is 12.2 Å². The van der Waals surface area contributed by atoms with E-state index in [0.717, 1.165) is 24.8 Å². The molecule has 0 saturated heterocycles. The molecule has 2 unspecified atom stereocenters. The zero-order chi connectivity index (χ0) is 15.7. The summed E-state index contributed by atoms with van der Waals surface area (Å²) in [4.78, 5) is 12.7. The Kier molecular flexibility index (Phi) is 3.91. The van der Waals surface area contributed by atoms with E-state index in [1.807, 2.05) is 24.4 Å². The third-order valence-corrected chi connectivity index (χ3v) is 4.82. The normalized spacial score (nSPS) is 24.3. The number of carbonyl (C=O) groups is 1. The van der Waals surface area contributed by atoms with Gasteiger partial charge in [0.1, 0.15) is 0 Å². The van der Waals surface area contributed by atoms with Crippen molar-refractivity contribution in [1.82, 2.24) is 14.9 Å². The number of aromatic nitrogens is 2. The van der Waals surface area contributed by atoms with Crippen LogP contribution in [0.3, 0.4) is 0 Å². The summed E-state index contributed by atoms with van der Waals surface area (Å²) in [5, 5.41) is 7.37. The van der Waals surface area contributed by atoms with Crippen LogP contribution in [0.15, 0.2) is 30.6 Å². The maximum Gasteiger partial charge on any atom is 0.253 e. The highest BCUT2D eigenvalue weighted by Crippen LogP contribution is 2.38. The van der Waals surface area contributed by atoms with Gasteiger partial charge in [0.15, 0.2) is 0 Å². The number of pyridine rings is 1. The van der Waals surface area contributed by atoms with Crippen LogP contribution in [0.1, 0.15) is 43.5 Å². The highest BCUT2D eigenvalue weighted by Gasteiger charge is 2.35. The molecular weight excluding hydrogens is 276 g/mol. The van der Waals surface area contributed by atoms with Crippen LogP contribution >= 0.6 is 0 Å². The molecule has 3 N–H and O–H groups in total. The Labute approximate surface area is 130 Å². The van der Waals surface area contributed by atoms with Crippen molar-refractivity contribution in [2.24, 2.45) is 17.1 Å². The van der Waals surface area contributed by atoms with Crippen LogP contribution in [0.5, 0.6) is 0 Å². The van der Waals surface area contributed by atoms with Crippen molar-refractivity contribution in [3.05, 3.63) is 36.2 Å². The molecule has 0 radical (unpaired) electrons. The lowest BCUT2D eigenvalue weighted by molar-refractivity contribution is 0.0854. The molecule has 0 bridgehead atoms. The minimum atomic E-state index is -0.0331. The molecular formula is C17H24N4O. The Hall–Kier alpha value is -1.88. The summed E-state index contributed by atoms with van der Waals surface area (Å²) in [5.41, 5.74) is 7.75. The monoisotopic (exact) mass is 300 g/mol. The fourth-order valence-electron chi connectivity index (χ4n) is 3.56. The number of hydrogen-bond acceptors (Lipinski definition) is 3. The lowest BCUT2D eigenvalue weighted by Crippen LogP contribution is -2.48. The van der Waals surface area contributed by atoms with Gasteiger partial charge in [-0.15, -0.1) is 0 Å². The molecule has 1 fully saturated rings. The quantitative estimate of drug-likeness (QED) is 0.913. The van der Waals surface area contributed by atoms with Gasteiger partial charge in [-0.05, 0) is 55.3 Å². The average molecular weight is 300 g/mol.